The zero-order chi connectivity index (χ0) is 19.2. The van der Waals surface area contributed by atoms with E-state index in [2.05, 4.69) is 4.99 Å². The van der Waals surface area contributed by atoms with Gasteiger partial charge in [0, 0.05) is 17.4 Å². The van der Waals surface area contributed by atoms with Gasteiger partial charge in [-0.15, -0.1) is 0 Å². The summed E-state index contributed by atoms with van der Waals surface area (Å²) in [5.74, 6) is -4.58. The molecule has 2 heterocycles. The van der Waals surface area contributed by atoms with Crippen LogP contribution in [0.25, 0.3) is 5.57 Å². The first-order valence-electron chi connectivity index (χ1n) is 7.09. The Morgan fingerprint density at radius 2 is 1.54 bits per heavy atom. The zero-order valence-electron chi connectivity index (χ0n) is 12.8. The van der Waals surface area contributed by atoms with Crippen LogP contribution >= 0.6 is 0 Å². The third-order valence-electron chi connectivity index (χ3n) is 3.95. The highest BCUT2D eigenvalue weighted by Crippen LogP contribution is 2.44. The van der Waals surface area contributed by atoms with Gasteiger partial charge in [-0.05, 0) is 18.2 Å². The fraction of sp³-hybridized carbons (Fsp3) is 0.0625. The van der Waals surface area contributed by atoms with Gasteiger partial charge in [-0.2, -0.15) is 0 Å². The number of carboxylic acids is 3. The summed E-state index contributed by atoms with van der Waals surface area (Å²) in [6.45, 7) is 0. The van der Waals surface area contributed by atoms with Crippen molar-refractivity contribution in [2.45, 2.75) is 6.17 Å². The van der Waals surface area contributed by atoms with Crippen LogP contribution in [-0.2, 0) is 4.79 Å². The topological polar surface area (TPSA) is 165 Å². The van der Waals surface area contributed by atoms with Crippen LogP contribution in [0.3, 0.4) is 0 Å². The minimum Gasteiger partial charge on any atom is -0.478 e. The van der Waals surface area contributed by atoms with Gasteiger partial charge in [0.15, 0.2) is 6.17 Å². The van der Waals surface area contributed by atoms with E-state index in [4.69, 9.17) is 0 Å². The van der Waals surface area contributed by atoms with Gasteiger partial charge in [-0.3, -0.25) is 4.99 Å². The number of carbonyl (C=O) groups is 4. The molecule has 0 aromatic heterocycles. The first-order chi connectivity index (χ1) is 12.3. The van der Waals surface area contributed by atoms with E-state index < -0.39 is 58.1 Å². The molecule has 1 amide bonds. The summed E-state index contributed by atoms with van der Waals surface area (Å²) in [5, 5.41) is 38.1. The van der Waals surface area contributed by atoms with Gasteiger partial charge in [0.1, 0.15) is 0 Å². The number of amides is 1. The molecule has 1 atom stereocenters. The Bertz CT molecular complexity index is 973. The highest BCUT2D eigenvalue weighted by Gasteiger charge is 2.43. The Morgan fingerprint density at radius 1 is 0.923 bits per heavy atom. The average molecular weight is 358 g/mol. The van der Waals surface area contributed by atoms with E-state index >= 15 is 0 Å². The molecule has 26 heavy (non-hydrogen) atoms. The number of dihydropyridines is 1. The van der Waals surface area contributed by atoms with Gasteiger partial charge in [0.2, 0.25) is 0 Å². The first kappa shape index (κ1) is 16.9. The molecule has 2 aliphatic rings. The van der Waals surface area contributed by atoms with Crippen molar-refractivity contribution in [1.82, 2.24) is 0 Å². The van der Waals surface area contributed by atoms with E-state index in [1.54, 1.807) is 0 Å². The zero-order valence-corrected chi connectivity index (χ0v) is 12.8. The summed E-state index contributed by atoms with van der Waals surface area (Å²) < 4.78 is 0. The SMILES string of the molecule is O=C(O)C1=C2C=CC=NC2N(C(=O)O)c2c(C(=O)O)ccc(C(=O)O)c21. The van der Waals surface area contributed by atoms with Crippen LogP contribution in [0, 0.1) is 0 Å². The third kappa shape index (κ3) is 2.32. The quantitative estimate of drug-likeness (QED) is 0.629. The summed E-state index contributed by atoms with van der Waals surface area (Å²) in [5.41, 5.74) is -2.66. The van der Waals surface area contributed by atoms with Crippen molar-refractivity contribution in [3.05, 3.63) is 46.5 Å². The van der Waals surface area contributed by atoms with Crippen LogP contribution in [0.1, 0.15) is 26.3 Å². The molecule has 1 aromatic carbocycles. The largest absolute Gasteiger partial charge is 0.478 e. The lowest BCUT2D eigenvalue weighted by Crippen LogP contribution is -2.45. The molecule has 10 nitrogen and oxygen atoms in total. The number of benzene rings is 1. The van der Waals surface area contributed by atoms with Crippen molar-refractivity contribution in [3.8, 4) is 0 Å². The van der Waals surface area contributed by atoms with Gasteiger partial charge in [-0.1, -0.05) is 6.08 Å². The highest BCUT2D eigenvalue weighted by molar-refractivity contribution is 6.25. The second-order valence-electron chi connectivity index (χ2n) is 5.31. The normalized spacial score (nSPS) is 17.5. The number of anilines is 1. The molecule has 0 aliphatic carbocycles. The summed E-state index contributed by atoms with van der Waals surface area (Å²) in [4.78, 5) is 51.3. The van der Waals surface area contributed by atoms with Crippen molar-refractivity contribution < 1.29 is 39.6 Å². The molecule has 0 spiro atoms. The predicted molar refractivity (Wildman–Crippen MR) is 86.8 cm³/mol. The Kier molecular flexibility index (Phi) is 3.80. The second kappa shape index (κ2) is 5.84. The second-order valence-corrected chi connectivity index (χ2v) is 5.31. The van der Waals surface area contributed by atoms with E-state index in [0.717, 1.165) is 12.1 Å². The number of nitrogens with zero attached hydrogens (tertiary/aromatic N) is 2. The highest BCUT2D eigenvalue weighted by atomic mass is 16.4. The fourth-order valence-corrected chi connectivity index (χ4v) is 3.01. The standard InChI is InChI=1S/C16H10N2O8/c19-13(20)7-3-4-8(14(21)22)11-9(7)10(15(23)24)6-2-1-5-17-12(6)18(11)16(25)26/h1-5,12H,(H,19,20)(H,21,22)(H,23,24)(H,25,26). The van der Waals surface area contributed by atoms with Crippen LogP contribution in [0.5, 0.6) is 0 Å². The van der Waals surface area contributed by atoms with Crippen molar-refractivity contribution in [1.29, 1.82) is 0 Å². The van der Waals surface area contributed by atoms with E-state index in [0.29, 0.717) is 4.90 Å². The molecule has 0 radical (unpaired) electrons. The van der Waals surface area contributed by atoms with Gasteiger partial charge in [0.25, 0.3) is 0 Å². The number of aliphatic imine (C=N–C) groups is 1. The molecule has 132 valence electrons. The number of hydrogen-bond acceptors (Lipinski definition) is 5. The fourth-order valence-electron chi connectivity index (χ4n) is 3.01. The maximum absolute atomic E-state index is 11.9. The van der Waals surface area contributed by atoms with E-state index in [1.807, 2.05) is 0 Å². The molecule has 1 aromatic rings. The van der Waals surface area contributed by atoms with Crippen LogP contribution in [0.4, 0.5) is 10.5 Å². The third-order valence-corrected chi connectivity index (χ3v) is 3.95. The van der Waals surface area contributed by atoms with E-state index in [9.17, 15) is 39.6 Å². The van der Waals surface area contributed by atoms with Crippen LogP contribution in [0.2, 0.25) is 0 Å². The number of hydrogen-bond donors (Lipinski definition) is 4. The monoisotopic (exact) mass is 358 g/mol. The van der Waals surface area contributed by atoms with Gasteiger partial charge in [-0.25, -0.2) is 24.1 Å². The first-order valence-corrected chi connectivity index (χ1v) is 7.09. The summed E-state index contributed by atoms with van der Waals surface area (Å²) in [6.07, 6.45) is 0.991. The summed E-state index contributed by atoms with van der Waals surface area (Å²) >= 11 is 0. The minimum absolute atomic E-state index is 0.0556. The molecule has 10 heteroatoms. The van der Waals surface area contributed by atoms with Crippen molar-refractivity contribution in [2.75, 3.05) is 4.90 Å². The maximum atomic E-state index is 11.9. The number of aromatic carboxylic acids is 2. The van der Waals surface area contributed by atoms with Crippen molar-refractivity contribution in [3.63, 3.8) is 0 Å². The van der Waals surface area contributed by atoms with Crippen LogP contribution in [-0.4, -0.2) is 56.8 Å². The number of fused-ring (bicyclic) bond motifs is 2. The number of rotatable bonds is 3. The number of aliphatic carboxylic acids is 1. The van der Waals surface area contributed by atoms with Gasteiger partial charge < -0.3 is 20.4 Å². The lowest BCUT2D eigenvalue weighted by Gasteiger charge is -2.36. The van der Waals surface area contributed by atoms with Crippen molar-refractivity contribution in [2.24, 2.45) is 4.99 Å². The molecular formula is C16H10N2O8. The molecule has 0 fully saturated rings. The molecule has 1 unspecified atom stereocenters. The molecule has 4 N–H and O–H groups in total. The van der Waals surface area contributed by atoms with Gasteiger partial charge >= 0.3 is 24.0 Å². The Morgan fingerprint density at radius 3 is 2.08 bits per heavy atom. The molecule has 0 bridgehead atoms. The van der Waals surface area contributed by atoms with Crippen LogP contribution in [0.15, 0.2) is 34.9 Å². The Hall–Kier alpha value is -3.95. The molecule has 0 saturated heterocycles. The lowest BCUT2D eigenvalue weighted by atomic mass is 9.85. The number of carboxylic acid groups (broad SMARTS) is 4. The van der Waals surface area contributed by atoms with E-state index in [-0.39, 0.29) is 5.57 Å². The van der Waals surface area contributed by atoms with Gasteiger partial charge in [0.05, 0.1) is 22.4 Å². The Balaban J connectivity index is 2.54. The maximum Gasteiger partial charge on any atom is 0.413 e. The van der Waals surface area contributed by atoms with Crippen molar-refractivity contribution >= 4 is 41.5 Å². The molecule has 0 saturated carbocycles. The minimum atomic E-state index is -1.60. The molecule has 3 rings (SSSR count). The molecule has 2 aliphatic heterocycles. The summed E-state index contributed by atoms with van der Waals surface area (Å²) in [7, 11) is 0. The van der Waals surface area contributed by atoms with Crippen LogP contribution < -0.4 is 4.90 Å². The number of allylic oxidation sites excluding steroid dienone is 1. The molecular weight excluding hydrogens is 348 g/mol. The average Bonchev–Trinajstić information content (AvgIpc) is 2.57. The summed E-state index contributed by atoms with van der Waals surface area (Å²) in [6, 6.07) is 1.86. The van der Waals surface area contributed by atoms with E-state index in [1.165, 1.54) is 18.4 Å². The predicted octanol–water partition coefficient (Wildman–Crippen LogP) is 1.39. The lowest BCUT2D eigenvalue weighted by molar-refractivity contribution is -0.130. The smallest absolute Gasteiger partial charge is 0.413 e. The Labute approximate surface area is 144 Å².